The fourth-order valence-electron chi connectivity index (χ4n) is 4.61. The minimum atomic E-state index is -3.28. The van der Waals surface area contributed by atoms with Gasteiger partial charge in [0.05, 0.1) is 18.8 Å². The summed E-state index contributed by atoms with van der Waals surface area (Å²) in [5.41, 5.74) is 0. The first-order chi connectivity index (χ1) is 12.4. The molecular weight excluding hydrogens is 354 g/mol. The Labute approximate surface area is 154 Å². The lowest BCUT2D eigenvalue weighted by molar-refractivity contribution is -0.136. The normalized spacial score (nSPS) is 25.4. The van der Waals surface area contributed by atoms with E-state index in [1.165, 1.54) is 6.26 Å². The van der Waals surface area contributed by atoms with E-state index in [-0.39, 0.29) is 17.9 Å². The Bertz CT molecular complexity index is 784. The summed E-state index contributed by atoms with van der Waals surface area (Å²) in [4.78, 5) is 14.6. The third-order valence-corrected chi connectivity index (χ3v) is 7.26. The summed E-state index contributed by atoms with van der Waals surface area (Å²) < 4.78 is 27.9. The van der Waals surface area contributed by atoms with Crippen molar-refractivity contribution < 1.29 is 13.2 Å². The maximum Gasteiger partial charge on any atom is 0.226 e. The summed E-state index contributed by atoms with van der Waals surface area (Å²) in [6.45, 7) is 2.31. The fourth-order valence-corrected chi connectivity index (χ4v) is 5.73. The molecule has 1 aromatic heterocycles. The number of rotatable bonds is 3. The van der Waals surface area contributed by atoms with Gasteiger partial charge in [0.25, 0.3) is 0 Å². The van der Waals surface area contributed by atoms with E-state index in [0.29, 0.717) is 26.2 Å². The van der Waals surface area contributed by atoms with Gasteiger partial charge in [0.1, 0.15) is 0 Å². The van der Waals surface area contributed by atoms with Crippen LogP contribution in [0, 0.1) is 5.92 Å². The van der Waals surface area contributed by atoms with Crippen LogP contribution in [0.4, 0.5) is 0 Å². The average molecular weight is 382 g/mol. The van der Waals surface area contributed by atoms with E-state index in [2.05, 4.69) is 10.2 Å². The van der Waals surface area contributed by atoms with Crippen molar-refractivity contribution in [3.05, 3.63) is 11.6 Å². The van der Waals surface area contributed by atoms with E-state index >= 15 is 0 Å². The van der Waals surface area contributed by atoms with Gasteiger partial charge in [-0.15, -0.1) is 10.2 Å². The Morgan fingerprint density at radius 1 is 1.00 bits per heavy atom. The van der Waals surface area contributed by atoms with Crippen molar-refractivity contribution in [3.63, 3.8) is 0 Å². The van der Waals surface area contributed by atoms with Gasteiger partial charge in [0, 0.05) is 25.6 Å². The number of amides is 1. The summed E-state index contributed by atoms with van der Waals surface area (Å²) in [5.74, 6) is 1.92. The van der Waals surface area contributed by atoms with Gasteiger partial charge in [0.15, 0.2) is 11.6 Å². The monoisotopic (exact) mass is 381 g/mol. The number of hydrogen-bond acceptors (Lipinski definition) is 5. The molecule has 1 atom stereocenters. The number of hydrogen-bond donors (Lipinski definition) is 0. The lowest BCUT2D eigenvalue weighted by Crippen LogP contribution is -2.43. The maximum atomic E-state index is 12.7. The van der Waals surface area contributed by atoms with Gasteiger partial charge in [-0.1, -0.05) is 19.3 Å². The van der Waals surface area contributed by atoms with Crippen molar-refractivity contribution in [2.45, 2.75) is 64.1 Å². The Kier molecular flexibility index (Phi) is 4.77. The summed E-state index contributed by atoms with van der Waals surface area (Å²) in [7, 11) is -3.28. The lowest BCUT2D eigenvalue weighted by atomic mass is 10.0. The number of sulfonamides is 1. The van der Waals surface area contributed by atoms with Crippen LogP contribution in [0.3, 0.4) is 0 Å². The zero-order valence-electron chi connectivity index (χ0n) is 15.3. The molecule has 1 aromatic rings. The molecular formula is C17H27N5O3S. The molecule has 8 nitrogen and oxygen atoms in total. The second-order valence-corrected chi connectivity index (χ2v) is 9.69. The number of carbonyl (C=O) groups excluding carboxylic acids is 1. The largest absolute Gasteiger partial charge is 0.333 e. The predicted molar refractivity (Wildman–Crippen MR) is 95.5 cm³/mol. The molecule has 3 heterocycles. The third-order valence-electron chi connectivity index (χ3n) is 5.98. The second kappa shape index (κ2) is 6.92. The molecule has 1 saturated carbocycles. The molecule has 3 aliphatic rings. The lowest BCUT2D eigenvalue weighted by Gasteiger charge is -2.35. The van der Waals surface area contributed by atoms with Gasteiger partial charge in [-0.3, -0.25) is 4.79 Å². The molecule has 1 aliphatic carbocycles. The van der Waals surface area contributed by atoms with Crippen molar-refractivity contribution in [1.29, 1.82) is 0 Å². The van der Waals surface area contributed by atoms with Gasteiger partial charge >= 0.3 is 0 Å². The van der Waals surface area contributed by atoms with Gasteiger partial charge in [-0.2, -0.15) is 4.31 Å². The van der Waals surface area contributed by atoms with Crippen molar-refractivity contribution >= 4 is 15.9 Å². The highest BCUT2D eigenvalue weighted by Crippen LogP contribution is 2.33. The molecule has 26 heavy (non-hydrogen) atoms. The molecule has 1 unspecified atom stereocenters. The Hall–Kier alpha value is -1.48. The highest BCUT2D eigenvalue weighted by atomic mass is 32.2. The predicted octanol–water partition coefficient (Wildman–Crippen LogP) is 1.30. The van der Waals surface area contributed by atoms with Crippen LogP contribution >= 0.6 is 0 Å². The summed E-state index contributed by atoms with van der Waals surface area (Å²) in [6.07, 6.45) is 8.20. The van der Waals surface area contributed by atoms with E-state index in [1.807, 2.05) is 9.47 Å². The molecule has 4 rings (SSSR count). The molecule has 2 aliphatic heterocycles. The third kappa shape index (κ3) is 3.26. The highest BCUT2D eigenvalue weighted by Gasteiger charge is 2.36. The number of carbonyl (C=O) groups is 1. The average Bonchev–Trinajstić information content (AvgIpc) is 3.29. The molecule has 0 N–H and O–H groups in total. The van der Waals surface area contributed by atoms with E-state index in [1.54, 1.807) is 4.31 Å². The quantitative estimate of drug-likeness (QED) is 0.787. The van der Waals surface area contributed by atoms with Gasteiger partial charge in [-0.05, 0) is 25.7 Å². The fraction of sp³-hybridized carbons (Fsp3) is 0.824. The van der Waals surface area contributed by atoms with Crippen LogP contribution in [0.25, 0.3) is 0 Å². The SMILES string of the molecule is CS(=O)(=O)N1CCCCC1c1nnc2n1CCN(C(=O)C1CCCC1)C2. The number of piperidine rings is 1. The number of nitrogens with zero attached hydrogens (tertiary/aromatic N) is 5. The first-order valence-electron chi connectivity index (χ1n) is 9.63. The maximum absolute atomic E-state index is 12.7. The molecule has 0 spiro atoms. The van der Waals surface area contributed by atoms with E-state index in [9.17, 15) is 13.2 Å². The molecule has 144 valence electrons. The van der Waals surface area contributed by atoms with E-state index in [0.717, 1.165) is 56.6 Å². The Morgan fingerprint density at radius 2 is 1.73 bits per heavy atom. The standard InChI is InChI=1S/C17H27N5O3S/c1-26(24,25)22-9-5-4-8-14(22)16-19-18-15-12-20(10-11-21(15)16)17(23)13-6-2-3-7-13/h13-14H,2-12H2,1H3. The van der Waals surface area contributed by atoms with Crippen LogP contribution in [0.5, 0.6) is 0 Å². The summed E-state index contributed by atoms with van der Waals surface area (Å²) in [6, 6.07) is -0.239. The van der Waals surface area contributed by atoms with Crippen molar-refractivity contribution in [1.82, 2.24) is 24.0 Å². The van der Waals surface area contributed by atoms with Crippen molar-refractivity contribution in [2.75, 3.05) is 19.3 Å². The van der Waals surface area contributed by atoms with E-state index < -0.39 is 10.0 Å². The van der Waals surface area contributed by atoms with Gasteiger partial charge in [0.2, 0.25) is 15.9 Å². The summed E-state index contributed by atoms with van der Waals surface area (Å²) in [5, 5.41) is 8.65. The van der Waals surface area contributed by atoms with Crippen LogP contribution in [0.15, 0.2) is 0 Å². The molecule has 0 bridgehead atoms. The van der Waals surface area contributed by atoms with Crippen molar-refractivity contribution in [3.8, 4) is 0 Å². The van der Waals surface area contributed by atoms with Crippen molar-refractivity contribution in [2.24, 2.45) is 5.92 Å². The first-order valence-corrected chi connectivity index (χ1v) is 11.5. The molecule has 9 heteroatoms. The van der Waals surface area contributed by atoms with Gasteiger partial charge in [-0.25, -0.2) is 8.42 Å². The minimum Gasteiger partial charge on any atom is -0.333 e. The molecule has 0 aromatic carbocycles. The van der Waals surface area contributed by atoms with Crippen LogP contribution in [0.2, 0.25) is 0 Å². The first kappa shape index (κ1) is 17.9. The highest BCUT2D eigenvalue weighted by molar-refractivity contribution is 7.88. The zero-order valence-corrected chi connectivity index (χ0v) is 16.1. The molecule has 0 radical (unpaired) electrons. The van der Waals surface area contributed by atoms with Crippen LogP contribution in [-0.4, -0.2) is 57.6 Å². The topological polar surface area (TPSA) is 88.4 Å². The second-order valence-electron chi connectivity index (χ2n) is 7.75. The zero-order chi connectivity index (χ0) is 18.3. The van der Waals surface area contributed by atoms with Gasteiger partial charge < -0.3 is 9.47 Å². The Balaban J connectivity index is 1.54. The number of aromatic nitrogens is 3. The molecule has 1 saturated heterocycles. The smallest absolute Gasteiger partial charge is 0.226 e. The minimum absolute atomic E-state index is 0.169. The van der Waals surface area contributed by atoms with E-state index in [4.69, 9.17) is 0 Å². The Morgan fingerprint density at radius 3 is 2.46 bits per heavy atom. The number of fused-ring (bicyclic) bond motifs is 1. The van der Waals surface area contributed by atoms with Crippen LogP contribution in [-0.2, 0) is 27.9 Å². The van der Waals surface area contributed by atoms with Crippen LogP contribution < -0.4 is 0 Å². The van der Waals surface area contributed by atoms with Crippen LogP contribution in [0.1, 0.15) is 62.6 Å². The molecule has 2 fully saturated rings. The summed E-state index contributed by atoms with van der Waals surface area (Å²) >= 11 is 0. The molecule has 1 amide bonds.